The Kier molecular flexibility index (Phi) is 2.60. The highest BCUT2D eigenvalue weighted by molar-refractivity contribution is 5.67. The first-order chi connectivity index (χ1) is 7.56. The van der Waals surface area contributed by atoms with E-state index in [0.717, 1.165) is 17.2 Å². The fourth-order valence-corrected chi connectivity index (χ4v) is 1.58. The van der Waals surface area contributed by atoms with Gasteiger partial charge in [0.1, 0.15) is 11.6 Å². The van der Waals surface area contributed by atoms with Gasteiger partial charge in [-0.1, -0.05) is 6.07 Å². The average molecular weight is 219 g/mol. The number of hydrogen-bond donors (Lipinski definition) is 1. The summed E-state index contributed by atoms with van der Waals surface area (Å²) in [5, 5.41) is 0. The molecule has 0 aromatic heterocycles. The summed E-state index contributed by atoms with van der Waals surface area (Å²) in [6.45, 7) is 1.86. The lowest BCUT2D eigenvalue weighted by molar-refractivity contribution is 0.584. The molecule has 0 fully saturated rings. The number of nitrogen functional groups attached to an aromatic ring is 1. The lowest BCUT2D eigenvalue weighted by Crippen LogP contribution is -1.90. The predicted molar refractivity (Wildman–Crippen MR) is 60.9 cm³/mol. The second kappa shape index (κ2) is 3.93. The molecule has 1 nitrogen and oxygen atoms in total. The number of rotatable bonds is 1. The second-order valence-electron chi connectivity index (χ2n) is 3.73. The molecule has 16 heavy (non-hydrogen) atoms. The van der Waals surface area contributed by atoms with Gasteiger partial charge in [0, 0.05) is 11.8 Å². The molecule has 0 atom stereocenters. The van der Waals surface area contributed by atoms with Crippen molar-refractivity contribution in [3.63, 3.8) is 0 Å². The van der Waals surface area contributed by atoms with Gasteiger partial charge >= 0.3 is 0 Å². The van der Waals surface area contributed by atoms with Crippen LogP contribution >= 0.6 is 0 Å². The van der Waals surface area contributed by atoms with Crippen LogP contribution in [0.1, 0.15) is 5.56 Å². The van der Waals surface area contributed by atoms with E-state index in [0.29, 0.717) is 11.3 Å². The molecule has 2 rings (SSSR count). The number of benzene rings is 2. The fraction of sp³-hybridized carbons (Fsp3) is 0.0769. The van der Waals surface area contributed by atoms with E-state index in [1.54, 1.807) is 12.1 Å². The Bertz CT molecular complexity index is 515. The molecule has 2 aromatic rings. The van der Waals surface area contributed by atoms with Crippen LogP contribution < -0.4 is 5.73 Å². The summed E-state index contributed by atoms with van der Waals surface area (Å²) >= 11 is 0. The summed E-state index contributed by atoms with van der Waals surface area (Å²) < 4.78 is 26.1. The molecule has 0 saturated heterocycles. The molecule has 2 N–H and O–H groups in total. The molecule has 0 radical (unpaired) electrons. The van der Waals surface area contributed by atoms with Crippen LogP contribution in [-0.2, 0) is 0 Å². The minimum absolute atomic E-state index is 0.514. The van der Waals surface area contributed by atoms with Crippen LogP contribution in [0.25, 0.3) is 11.1 Å². The number of hydrogen-bond acceptors (Lipinski definition) is 1. The van der Waals surface area contributed by atoms with Crippen molar-refractivity contribution in [1.82, 2.24) is 0 Å². The van der Waals surface area contributed by atoms with Gasteiger partial charge in [0.25, 0.3) is 0 Å². The van der Waals surface area contributed by atoms with Crippen molar-refractivity contribution in [3.05, 3.63) is 53.6 Å². The maximum Gasteiger partial charge on any atom is 0.126 e. The van der Waals surface area contributed by atoms with Gasteiger partial charge < -0.3 is 5.73 Å². The molecule has 0 heterocycles. The first-order valence-electron chi connectivity index (χ1n) is 4.89. The SMILES string of the molecule is Cc1cc(-c2cc(F)cc(F)c2)ccc1N. The van der Waals surface area contributed by atoms with E-state index in [9.17, 15) is 8.78 Å². The van der Waals surface area contributed by atoms with Crippen molar-refractivity contribution in [2.45, 2.75) is 6.92 Å². The molecule has 0 aliphatic rings. The third kappa shape index (κ3) is 2.03. The molecule has 0 bridgehead atoms. The van der Waals surface area contributed by atoms with Gasteiger partial charge in [-0.15, -0.1) is 0 Å². The van der Waals surface area contributed by atoms with Crippen LogP contribution in [0.3, 0.4) is 0 Å². The first-order valence-corrected chi connectivity index (χ1v) is 4.89. The minimum atomic E-state index is -0.579. The minimum Gasteiger partial charge on any atom is -0.399 e. The summed E-state index contributed by atoms with van der Waals surface area (Å²) in [4.78, 5) is 0. The van der Waals surface area contributed by atoms with Crippen molar-refractivity contribution < 1.29 is 8.78 Å². The van der Waals surface area contributed by atoms with E-state index in [1.807, 2.05) is 13.0 Å². The van der Waals surface area contributed by atoms with Crippen molar-refractivity contribution in [1.29, 1.82) is 0 Å². The molecule has 2 aromatic carbocycles. The summed E-state index contributed by atoms with van der Waals surface area (Å²) in [6.07, 6.45) is 0. The lowest BCUT2D eigenvalue weighted by atomic mass is 10.0. The molecular formula is C13H11F2N. The Morgan fingerprint density at radius 1 is 0.875 bits per heavy atom. The van der Waals surface area contributed by atoms with E-state index >= 15 is 0 Å². The molecule has 0 aliphatic carbocycles. The highest BCUT2D eigenvalue weighted by Crippen LogP contribution is 2.24. The fourth-order valence-electron chi connectivity index (χ4n) is 1.58. The van der Waals surface area contributed by atoms with E-state index in [2.05, 4.69) is 0 Å². The van der Waals surface area contributed by atoms with Gasteiger partial charge in [-0.25, -0.2) is 8.78 Å². The van der Waals surface area contributed by atoms with Crippen LogP contribution in [0, 0.1) is 18.6 Å². The van der Waals surface area contributed by atoms with Crippen molar-refractivity contribution in [2.75, 3.05) is 5.73 Å². The summed E-state index contributed by atoms with van der Waals surface area (Å²) in [5.74, 6) is -1.16. The average Bonchev–Trinajstić information content (AvgIpc) is 2.20. The highest BCUT2D eigenvalue weighted by atomic mass is 19.1. The van der Waals surface area contributed by atoms with Crippen LogP contribution in [-0.4, -0.2) is 0 Å². The standard InChI is InChI=1S/C13H11F2N/c1-8-4-9(2-3-13(8)16)10-5-11(14)7-12(15)6-10/h2-7H,16H2,1H3. The first kappa shape index (κ1) is 10.6. The predicted octanol–water partition coefficient (Wildman–Crippen LogP) is 3.52. The Labute approximate surface area is 92.5 Å². The molecule has 3 heteroatoms. The summed E-state index contributed by atoms with van der Waals surface area (Å²) in [5.41, 5.74) is 8.51. The third-order valence-electron chi connectivity index (χ3n) is 2.47. The quantitative estimate of drug-likeness (QED) is 0.729. The number of halogens is 2. The topological polar surface area (TPSA) is 26.0 Å². The van der Waals surface area contributed by atoms with Gasteiger partial charge in [-0.2, -0.15) is 0 Å². The maximum atomic E-state index is 13.0. The Hall–Kier alpha value is -1.90. The zero-order valence-corrected chi connectivity index (χ0v) is 8.80. The van der Waals surface area contributed by atoms with Crippen LogP contribution in [0.2, 0.25) is 0 Å². The number of aryl methyl sites for hydroxylation is 1. The molecule has 82 valence electrons. The normalized spacial score (nSPS) is 10.4. The molecule has 0 spiro atoms. The molecule has 0 amide bonds. The van der Waals surface area contributed by atoms with Crippen molar-refractivity contribution in [3.8, 4) is 11.1 Å². The lowest BCUT2D eigenvalue weighted by Gasteiger charge is -2.05. The zero-order chi connectivity index (χ0) is 11.7. The smallest absolute Gasteiger partial charge is 0.126 e. The summed E-state index contributed by atoms with van der Waals surface area (Å²) in [7, 11) is 0. The van der Waals surface area contributed by atoms with Gasteiger partial charge in [0.05, 0.1) is 0 Å². The largest absolute Gasteiger partial charge is 0.399 e. The molecule has 0 saturated carbocycles. The van der Waals surface area contributed by atoms with E-state index in [1.165, 1.54) is 12.1 Å². The maximum absolute atomic E-state index is 13.0. The monoisotopic (exact) mass is 219 g/mol. The summed E-state index contributed by atoms with van der Waals surface area (Å²) in [6, 6.07) is 8.74. The Morgan fingerprint density at radius 2 is 1.50 bits per heavy atom. The zero-order valence-electron chi connectivity index (χ0n) is 8.80. The van der Waals surface area contributed by atoms with Crippen LogP contribution in [0.4, 0.5) is 14.5 Å². The van der Waals surface area contributed by atoms with Gasteiger partial charge in [0.2, 0.25) is 0 Å². The molecular weight excluding hydrogens is 208 g/mol. The van der Waals surface area contributed by atoms with Gasteiger partial charge in [-0.3, -0.25) is 0 Å². The van der Waals surface area contributed by atoms with E-state index < -0.39 is 11.6 Å². The second-order valence-corrected chi connectivity index (χ2v) is 3.73. The van der Waals surface area contributed by atoms with Gasteiger partial charge in [-0.05, 0) is 47.9 Å². The van der Waals surface area contributed by atoms with E-state index in [4.69, 9.17) is 5.73 Å². The van der Waals surface area contributed by atoms with E-state index in [-0.39, 0.29) is 0 Å². The third-order valence-corrected chi connectivity index (χ3v) is 2.47. The molecule has 0 aliphatic heterocycles. The Balaban J connectivity index is 2.54. The number of nitrogens with two attached hydrogens (primary N) is 1. The Morgan fingerprint density at radius 3 is 2.06 bits per heavy atom. The highest BCUT2D eigenvalue weighted by Gasteiger charge is 2.04. The van der Waals surface area contributed by atoms with Crippen LogP contribution in [0.5, 0.6) is 0 Å². The van der Waals surface area contributed by atoms with Crippen LogP contribution in [0.15, 0.2) is 36.4 Å². The van der Waals surface area contributed by atoms with Crippen molar-refractivity contribution in [2.24, 2.45) is 0 Å². The van der Waals surface area contributed by atoms with Crippen molar-refractivity contribution >= 4 is 5.69 Å². The molecule has 0 unspecified atom stereocenters. The van der Waals surface area contributed by atoms with Gasteiger partial charge in [0.15, 0.2) is 0 Å². The number of anilines is 1.